The van der Waals surface area contributed by atoms with Gasteiger partial charge in [-0.05, 0) is 23.8 Å². The van der Waals surface area contributed by atoms with Gasteiger partial charge in [0.25, 0.3) is 5.91 Å². The van der Waals surface area contributed by atoms with Crippen molar-refractivity contribution in [2.45, 2.75) is 6.54 Å². The van der Waals surface area contributed by atoms with Gasteiger partial charge in [-0.15, -0.1) is 0 Å². The number of ether oxygens (including phenoxy) is 2. The fourth-order valence-electron chi connectivity index (χ4n) is 1.94. The average molecular weight is 271 g/mol. The highest BCUT2D eigenvalue weighted by molar-refractivity contribution is 5.98. The third-order valence-corrected chi connectivity index (χ3v) is 2.99. The Morgan fingerprint density at radius 1 is 1.30 bits per heavy atom. The zero-order valence-corrected chi connectivity index (χ0v) is 10.6. The highest BCUT2D eigenvalue weighted by Gasteiger charge is 2.14. The number of nitrogen functional groups attached to an aromatic ring is 1. The van der Waals surface area contributed by atoms with E-state index in [0.717, 1.165) is 11.3 Å². The summed E-state index contributed by atoms with van der Waals surface area (Å²) in [7, 11) is 0. The van der Waals surface area contributed by atoms with Crippen LogP contribution in [0.2, 0.25) is 0 Å². The number of nitrogens with zero attached hydrogens (tertiary/aromatic N) is 1. The number of rotatable bonds is 3. The molecule has 0 bridgehead atoms. The maximum Gasteiger partial charge on any atom is 0.253 e. The summed E-state index contributed by atoms with van der Waals surface area (Å²) < 4.78 is 10.5. The average Bonchev–Trinajstić information content (AvgIpc) is 2.92. The highest BCUT2D eigenvalue weighted by Crippen LogP contribution is 2.32. The molecule has 0 saturated heterocycles. The molecule has 1 aliphatic heterocycles. The summed E-state index contributed by atoms with van der Waals surface area (Å²) in [4.78, 5) is 15.8. The number of nitrogens with one attached hydrogen (secondary N) is 1. The second-order valence-electron chi connectivity index (χ2n) is 4.33. The second-order valence-corrected chi connectivity index (χ2v) is 4.33. The van der Waals surface area contributed by atoms with Gasteiger partial charge in [0.05, 0.1) is 17.4 Å². The van der Waals surface area contributed by atoms with Gasteiger partial charge >= 0.3 is 0 Å². The first kappa shape index (κ1) is 12.3. The second kappa shape index (κ2) is 5.08. The van der Waals surface area contributed by atoms with Crippen molar-refractivity contribution >= 4 is 11.6 Å². The van der Waals surface area contributed by atoms with Crippen LogP contribution >= 0.6 is 0 Å². The summed E-state index contributed by atoms with van der Waals surface area (Å²) in [6, 6.07) is 7.14. The van der Waals surface area contributed by atoms with Crippen LogP contribution in [0.4, 0.5) is 5.69 Å². The Morgan fingerprint density at radius 3 is 3.00 bits per heavy atom. The van der Waals surface area contributed by atoms with Crippen LogP contribution in [0.3, 0.4) is 0 Å². The molecule has 0 saturated carbocycles. The third-order valence-electron chi connectivity index (χ3n) is 2.99. The molecule has 6 nitrogen and oxygen atoms in total. The summed E-state index contributed by atoms with van der Waals surface area (Å²) in [5, 5.41) is 2.80. The van der Waals surface area contributed by atoms with E-state index in [-0.39, 0.29) is 12.7 Å². The number of pyridine rings is 1. The molecule has 0 spiro atoms. The molecular formula is C14H13N3O3. The standard InChI is InChI=1S/C14H13N3O3/c15-11-7-16-4-3-10(11)14(18)17-6-9-1-2-12-13(5-9)20-8-19-12/h1-5,7H,6,8,15H2,(H,17,18). The van der Waals surface area contributed by atoms with Gasteiger partial charge in [-0.2, -0.15) is 0 Å². The molecule has 0 unspecified atom stereocenters. The van der Waals surface area contributed by atoms with Crippen LogP contribution in [-0.2, 0) is 6.54 Å². The summed E-state index contributed by atoms with van der Waals surface area (Å²) in [6.45, 7) is 0.621. The lowest BCUT2D eigenvalue weighted by molar-refractivity contribution is 0.0951. The first-order valence-corrected chi connectivity index (χ1v) is 6.10. The normalized spacial score (nSPS) is 12.2. The predicted octanol–water partition coefficient (Wildman–Crippen LogP) is 1.32. The van der Waals surface area contributed by atoms with Crippen LogP contribution in [0.5, 0.6) is 11.5 Å². The Kier molecular flexibility index (Phi) is 3.12. The summed E-state index contributed by atoms with van der Waals surface area (Å²) >= 11 is 0. The van der Waals surface area contributed by atoms with Crippen LogP contribution in [0.25, 0.3) is 0 Å². The molecule has 102 valence electrons. The summed E-state index contributed by atoms with van der Waals surface area (Å²) in [5.41, 5.74) is 7.40. The molecular weight excluding hydrogens is 258 g/mol. The largest absolute Gasteiger partial charge is 0.454 e. The van der Waals surface area contributed by atoms with Gasteiger partial charge in [0.1, 0.15) is 0 Å². The number of hydrogen-bond acceptors (Lipinski definition) is 5. The Balaban J connectivity index is 1.68. The lowest BCUT2D eigenvalue weighted by Crippen LogP contribution is -2.23. The van der Waals surface area contributed by atoms with Crippen molar-refractivity contribution in [2.75, 3.05) is 12.5 Å². The Labute approximate surface area is 115 Å². The van der Waals surface area contributed by atoms with Gasteiger partial charge in [-0.1, -0.05) is 6.07 Å². The molecule has 20 heavy (non-hydrogen) atoms. The minimum Gasteiger partial charge on any atom is -0.454 e. The van der Waals surface area contributed by atoms with E-state index in [0.29, 0.717) is 23.5 Å². The Hall–Kier alpha value is -2.76. The molecule has 2 aromatic rings. The topological polar surface area (TPSA) is 86.5 Å². The van der Waals surface area contributed by atoms with Crippen molar-refractivity contribution in [1.29, 1.82) is 0 Å². The number of carbonyl (C=O) groups is 1. The fraction of sp³-hybridized carbons (Fsp3) is 0.143. The maximum atomic E-state index is 12.0. The lowest BCUT2D eigenvalue weighted by atomic mass is 10.2. The number of hydrogen-bond donors (Lipinski definition) is 2. The van der Waals surface area contributed by atoms with Crippen molar-refractivity contribution in [2.24, 2.45) is 0 Å². The molecule has 0 aliphatic carbocycles. The summed E-state index contributed by atoms with van der Waals surface area (Å²) in [6.07, 6.45) is 2.99. The quantitative estimate of drug-likeness (QED) is 0.879. The monoisotopic (exact) mass is 271 g/mol. The number of nitrogens with two attached hydrogens (primary N) is 1. The molecule has 0 fully saturated rings. The Bertz CT molecular complexity index is 658. The Morgan fingerprint density at radius 2 is 2.15 bits per heavy atom. The van der Waals surface area contributed by atoms with Gasteiger partial charge in [-0.25, -0.2) is 0 Å². The SMILES string of the molecule is Nc1cnccc1C(=O)NCc1ccc2c(c1)OCO2. The lowest BCUT2D eigenvalue weighted by Gasteiger charge is -2.07. The number of amides is 1. The third kappa shape index (κ3) is 2.35. The van der Waals surface area contributed by atoms with Crippen LogP contribution < -0.4 is 20.5 Å². The maximum absolute atomic E-state index is 12.0. The molecule has 6 heteroatoms. The van der Waals surface area contributed by atoms with Crippen molar-refractivity contribution in [3.05, 3.63) is 47.8 Å². The fourth-order valence-corrected chi connectivity index (χ4v) is 1.94. The van der Waals surface area contributed by atoms with E-state index >= 15 is 0 Å². The van der Waals surface area contributed by atoms with Crippen LogP contribution in [0.1, 0.15) is 15.9 Å². The number of anilines is 1. The van der Waals surface area contributed by atoms with Gasteiger partial charge in [0, 0.05) is 12.7 Å². The van der Waals surface area contributed by atoms with E-state index in [1.807, 2.05) is 18.2 Å². The minimum absolute atomic E-state index is 0.234. The first-order chi connectivity index (χ1) is 9.74. The predicted molar refractivity (Wildman–Crippen MR) is 72.4 cm³/mol. The van der Waals surface area contributed by atoms with E-state index in [4.69, 9.17) is 15.2 Å². The van der Waals surface area contributed by atoms with Gasteiger partial charge in [0.2, 0.25) is 6.79 Å². The molecule has 3 N–H and O–H groups in total. The molecule has 3 rings (SSSR count). The van der Waals surface area contributed by atoms with Crippen LogP contribution in [-0.4, -0.2) is 17.7 Å². The van der Waals surface area contributed by atoms with Crippen molar-refractivity contribution in [1.82, 2.24) is 10.3 Å². The van der Waals surface area contributed by atoms with E-state index in [1.165, 1.54) is 12.4 Å². The molecule has 1 aliphatic rings. The zero-order chi connectivity index (χ0) is 13.9. The molecule has 1 aromatic heterocycles. The number of fused-ring (bicyclic) bond motifs is 1. The molecule has 0 radical (unpaired) electrons. The van der Waals surface area contributed by atoms with Gasteiger partial charge < -0.3 is 20.5 Å². The molecule has 1 amide bonds. The van der Waals surface area contributed by atoms with Crippen LogP contribution in [0, 0.1) is 0 Å². The number of carbonyl (C=O) groups excluding carboxylic acids is 1. The number of aromatic nitrogens is 1. The van der Waals surface area contributed by atoms with Crippen molar-refractivity contribution in [3.63, 3.8) is 0 Å². The van der Waals surface area contributed by atoms with Crippen LogP contribution in [0.15, 0.2) is 36.7 Å². The van der Waals surface area contributed by atoms with E-state index in [2.05, 4.69) is 10.3 Å². The first-order valence-electron chi connectivity index (χ1n) is 6.10. The smallest absolute Gasteiger partial charge is 0.253 e. The van der Waals surface area contributed by atoms with Gasteiger partial charge in [0.15, 0.2) is 11.5 Å². The minimum atomic E-state index is -0.234. The highest BCUT2D eigenvalue weighted by atomic mass is 16.7. The molecule has 2 heterocycles. The van der Waals surface area contributed by atoms with E-state index in [9.17, 15) is 4.79 Å². The zero-order valence-electron chi connectivity index (χ0n) is 10.6. The number of benzene rings is 1. The van der Waals surface area contributed by atoms with Crippen molar-refractivity contribution in [3.8, 4) is 11.5 Å². The van der Waals surface area contributed by atoms with Gasteiger partial charge in [-0.3, -0.25) is 9.78 Å². The molecule has 1 aromatic carbocycles. The van der Waals surface area contributed by atoms with Crippen molar-refractivity contribution < 1.29 is 14.3 Å². The van der Waals surface area contributed by atoms with E-state index < -0.39 is 0 Å². The molecule has 0 atom stereocenters. The van der Waals surface area contributed by atoms with E-state index in [1.54, 1.807) is 6.07 Å². The summed E-state index contributed by atoms with van der Waals surface area (Å²) in [5.74, 6) is 1.18.